The van der Waals surface area contributed by atoms with E-state index in [0.29, 0.717) is 11.1 Å². The number of benzene rings is 2. The highest BCUT2D eigenvalue weighted by Crippen LogP contribution is 2.31. The predicted octanol–water partition coefficient (Wildman–Crippen LogP) is 4.86. The maximum atomic E-state index is 15.2. The molecule has 2 aromatic carbocycles. The van der Waals surface area contributed by atoms with Crippen LogP contribution in [-0.4, -0.2) is 40.5 Å². The van der Waals surface area contributed by atoms with Gasteiger partial charge in [0.1, 0.15) is 23.4 Å². The molecule has 4 aromatic rings. The number of aliphatic hydroxyl groups is 1. The summed E-state index contributed by atoms with van der Waals surface area (Å²) in [5, 5.41) is 17.0. The molecule has 0 fully saturated rings. The Labute approximate surface area is 225 Å². The Morgan fingerprint density at radius 1 is 1.10 bits per heavy atom. The minimum absolute atomic E-state index is 0.000939. The molecule has 0 aliphatic carbocycles. The molecule has 0 unspecified atom stereocenters. The van der Waals surface area contributed by atoms with E-state index in [1.54, 1.807) is 24.5 Å². The first-order valence-electron chi connectivity index (χ1n) is 11.9. The SMILES string of the molecule is C=C(O)[C@@H](NC(=O)c1ccc(-c2cc(-c3cnn(C(C)C)c3)cnc2N)cc1F)c1cccc(S(C)(=O)=O)c1. The van der Waals surface area contributed by atoms with Gasteiger partial charge in [0, 0.05) is 41.4 Å². The number of nitrogens with two attached hydrogens (primary N) is 1. The van der Waals surface area contributed by atoms with Crippen LogP contribution >= 0.6 is 0 Å². The maximum Gasteiger partial charge on any atom is 0.255 e. The molecule has 1 amide bonds. The fourth-order valence-electron chi connectivity index (χ4n) is 3.99. The zero-order chi connectivity index (χ0) is 28.5. The summed E-state index contributed by atoms with van der Waals surface area (Å²) in [4.78, 5) is 17.2. The van der Waals surface area contributed by atoms with Gasteiger partial charge in [-0.2, -0.15) is 5.10 Å². The number of halogens is 1. The summed E-state index contributed by atoms with van der Waals surface area (Å²) in [6, 6.07) is 10.5. The van der Waals surface area contributed by atoms with Gasteiger partial charge in [-0.15, -0.1) is 0 Å². The molecule has 0 bridgehead atoms. The van der Waals surface area contributed by atoms with Gasteiger partial charge >= 0.3 is 0 Å². The van der Waals surface area contributed by atoms with Gasteiger partial charge in [-0.05, 0) is 55.3 Å². The Bertz CT molecular complexity index is 1680. The number of hydrogen-bond donors (Lipinski definition) is 3. The second-order valence-electron chi connectivity index (χ2n) is 9.40. The minimum Gasteiger partial charge on any atom is -0.510 e. The monoisotopic (exact) mass is 549 g/mol. The van der Waals surface area contributed by atoms with Crippen LogP contribution in [0.1, 0.15) is 41.9 Å². The summed E-state index contributed by atoms with van der Waals surface area (Å²) in [5.41, 5.74) is 8.54. The number of amides is 1. The first-order chi connectivity index (χ1) is 18.3. The molecule has 0 aliphatic rings. The molecule has 0 aliphatic heterocycles. The maximum absolute atomic E-state index is 15.2. The average molecular weight is 550 g/mol. The summed E-state index contributed by atoms with van der Waals surface area (Å²) in [6.45, 7) is 7.49. The van der Waals surface area contributed by atoms with Gasteiger partial charge < -0.3 is 16.2 Å². The number of nitrogen functional groups attached to an aromatic ring is 1. The van der Waals surface area contributed by atoms with Crippen molar-refractivity contribution in [3.8, 4) is 22.3 Å². The third-order valence-corrected chi connectivity index (χ3v) is 7.25. The molecule has 0 saturated heterocycles. The number of sulfone groups is 1. The molecule has 202 valence electrons. The zero-order valence-electron chi connectivity index (χ0n) is 21.6. The third kappa shape index (κ3) is 5.99. The molecule has 2 heterocycles. The summed E-state index contributed by atoms with van der Waals surface area (Å²) in [5.74, 6) is -1.91. The van der Waals surface area contributed by atoms with Crippen molar-refractivity contribution in [1.29, 1.82) is 0 Å². The molecule has 0 saturated carbocycles. The molecule has 9 nitrogen and oxygen atoms in total. The highest BCUT2D eigenvalue weighted by Gasteiger charge is 2.22. The van der Waals surface area contributed by atoms with Gasteiger partial charge in [-0.1, -0.05) is 24.8 Å². The van der Waals surface area contributed by atoms with Crippen LogP contribution in [0, 0.1) is 5.82 Å². The first-order valence-corrected chi connectivity index (χ1v) is 13.8. The molecule has 11 heteroatoms. The Kier molecular flexibility index (Phi) is 7.55. The van der Waals surface area contributed by atoms with E-state index in [2.05, 4.69) is 22.0 Å². The molecule has 4 rings (SSSR count). The second-order valence-corrected chi connectivity index (χ2v) is 11.4. The average Bonchev–Trinajstić information content (AvgIpc) is 3.37. The highest BCUT2D eigenvalue weighted by molar-refractivity contribution is 7.90. The van der Waals surface area contributed by atoms with Gasteiger partial charge in [0.15, 0.2) is 9.84 Å². The molecular formula is C28H28FN5O4S. The topological polar surface area (TPSA) is 140 Å². The van der Waals surface area contributed by atoms with Crippen molar-refractivity contribution < 1.29 is 22.7 Å². The lowest BCUT2D eigenvalue weighted by atomic mass is 10.00. The number of rotatable bonds is 8. The fourth-order valence-corrected chi connectivity index (χ4v) is 4.67. The van der Waals surface area contributed by atoms with Crippen LogP contribution in [0.3, 0.4) is 0 Å². The van der Waals surface area contributed by atoms with E-state index in [1.807, 2.05) is 24.7 Å². The smallest absolute Gasteiger partial charge is 0.255 e. The van der Waals surface area contributed by atoms with Crippen LogP contribution in [-0.2, 0) is 9.84 Å². The largest absolute Gasteiger partial charge is 0.510 e. The number of aliphatic hydroxyl groups excluding tert-OH is 1. The fraction of sp³-hybridized carbons (Fsp3) is 0.179. The quantitative estimate of drug-likeness (QED) is 0.267. The number of carbonyl (C=O) groups is 1. The van der Waals surface area contributed by atoms with Crippen molar-refractivity contribution >= 4 is 21.6 Å². The number of pyridine rings is 1. The van der Waals surface area contributed by atoms with Crippen molar-refractivity contribution in [2.24, 2.45) is 0 Å². The molecule has 39 heavy (non-hydrogen) atoms. The van der Waals surface area contributed by atoms with Crippen LogP contribution in [0.4, 0.5) is 10.2 Å². The normalized spacial score (nSPS) is 12.3. The lowest BCUT2D eigenvalue weighted by Gasteiger charge is -2.19. The summed E-state index contributed by atoms with van der Waals surface area (Å²) in [6.07, 6.45) is 6.25. The number of nitrogens with zero attached hydrogens (tertiary/aromatic N) is 3. The van der Waals surface area contributed by atoms with Crippen LogP contribution in [0.2, 0.25) is 0 Å². The standard InChI is InChI=1S/C28H28FN5O4S/c1-16(2)34-15-21(14-32-34)20-11-24(27(30)31-13-20)18-8-9-23(25(29)12-18)28(36)33-26(17(3)35)19-6-5-7-22(10-19)39(4,37)38/h5-16,26,35H,3H2,1-2,4H3,(H2,30,31)(H,33,36)/t26-/m1/s1. The van der Waals surface area contributed by atoms with Gasteiger partial charge in [0.05, 0.1) is 16.7 Å². The summed E-state index contributed by atoms with van der Waals surface area (Å²) < 4.78 is 40.9. The van der Waals surface area contributed by atoms with E-state index < -0.39 is 33.4 Å². The van der Waals surface area contributed by atoms with Crippen LogP contribution in [0.15, 0.2) is 84.4 Å². The first kappa shape index (κ1) is 27.5. The minimum atomic E-state index is -3.53. The molecule has 1 atom stereocenters. The zero-order valence-corrected chi connectivity index (χ0v) is 22.4. The number of anilines is 1. The molecule has 0 spiro atoms. The lowest BCUT2D eigenvalue weighted by molar-refractivity contribution is 0.0929. The van der Waals surface area contributed by atoms with E-state index in [0.717, 1.165) is 17.4 Å². The molecule has 2 aromatic heterocycles. The predicted molar refractivity (Wildman–Crippen MR) is 147 cm³/mol. The number of hydrogen-bond acceptors (Lipinski definition) is 7. The van der Waals surface area contributed by atoms with Crippen molar-refractivity contribution in [3.05, 3.63) is 96.4 Å². The Hall–Kier alpha value is -4.51. The van der Waals surface area contributed by atoms with Crippen molar-refractivity contribution in [3.63, 3.8) is 0 Å². The van der Waals surface area contributed by atoms with Crippen LogP contribution in [0.25, 0.3) is 22.3 Å². The van der Waals surface area contributed by atoms with E-state index in [9.17, 15) is 18.3 Å². The summed E-state index contributed by atoms with van der Waals surface area (Å²) >= 11 is 0. The van der Waals surface area contributed by atoms with E-state index in [4.69, 9.17) is 5.73 Å². The molecular weight excluding hydrogens is 521 g/mol. The van der Waals surface area contributed by atoms with Crippen molar-refractivity contribution in [2.45, 2.75) is 30.8 Å². The Morgan fingerprint density at radius 2 is 1.85 bits per heavy atom. The van der Waals surface area contributed by atoms with E-state index >= 15 is 4.39 Å². The van der Waals surface area contributed by atoms with Gasteiger partial charge in [0.2, 0.25) is 0 Å². The second kappa shape index (κ2) is 10.7. The lowest BCUT2D eigenvalue weighted by Crippen LogP contribution is -2.30. The highest BCUT2D eigenvalue weighted by atomic mass is 32.2. The van der Waals surface area contributed by atoms with E-state index in [-0.39, 0.29) is 27.9 Å². The van der Waals surface area contributed by atoms with Gasteiger partial charge in [-0.3, -0.25) is 9.48 Å². The Morgan fingerprint density at radius 3 is 2.46 bits per heavy atom. The van der Waals surface area contributed by atoms with Crippen molar-refractivity contribution in [1.82, 2.24) is 20.1 Å². The van der Waals surface area contributed by atoms with Gasteiger partial charge in [0.25, 0.3) is 5.91 Å². The Balaban J connectivity index is 1.62. The molecule has 4 N–H and O–H groups in total. The van der Waals surface area contributed by atoms with Gasteiger partial charge in [-0.25, -0.2) is 17.8 Å². The number of aromatic nitrogens is 3. The molecule has 0 radical (unpaired) electrons. The van der Waals surface area contributed by atoms with Crippen molar-refractivity contribution in [2.75, 3.05) is 12.0 Å². The van der Waals surface area contributed by atoms with E-state index in [1.165, 1.54) is 36.4 Å². The third-order valence-electron chi connectivity index (χ3n) is 6.14. The summed E-state index contributed by atoms with van der Waals surface area (Å²) in [7, 11) is -3.53. The number of nitrogens with one attached hydrogen (secondary N) is 1. The number of carbonyl (C=O) groups excluding carboxylic acids is 1. The van der Waals surface area contributed by atoms with Crippen LogP contribution < -0.4 is 11.1 Å². The van der Waals surface area contributed by atoms with Crippen LogP contribution in [0.5, 0.6) is 0 Å².